The number of benzene rings is 2. The van der Waals surface area contributed by atoms with Crippen molar-refractivity contribution in [2.75, 3.05) is 7.11 Å². The minimum atomic E-state index is -0.982. The van der Waals surface area contributed by atoms with Gasteiger partial charge in [0.05, 0.1) is 18.1 Å². The number of methoxy groups -OCH3 is 1. The average molecular weight is 332 g/mol. The van der Waals surface area contributed by atoms with Gasteiger partial charge < -0.3 is 10.1 Å². The normalized spacial score (nSPS) is 11.7. The number of nitro groups is 1. The summed E-state index contributed by atoms with van der Waals surface area (Å²) in [7, 11) is 1.53. The third-order valence-corrected chi connectivity index (χ3v) is 3.60. The molecule has 0 aliphatic heterocycles. The average Bonchev–Trinajstić information content (AvgIpc) is 2.54. The summed E-state index contributed by atoms with van der Waals surface area (Å²) in [5.74, 6) is -0.891. The van der Waals surface area contributed by atoms with Crippen LogP contribution >= 0.6 is 0 Å². The number of nitrogens with one attached hydrogen (secondary N) is 1. The summed E-state index contributed by atoms with van der Waals surface area (Å²) in [6.07, 6.45) is 0. The number of halogens is 1. The molecule has 1 atom stereocenters. The van der Waals surface area contributed by atoms with Gasteiger partial charge in [-0.15, -0.1) is 0 Å². The first-order valence-electron chi connectivity index (χ1n) is 7.23. The van der Waals surface area contributed by atoms with Gasteiger partial charge in [0.25, 0.3) is 5.91 Å². The molecule has 0 unspecified atom stereocenters. The first-order chi connectivity index (χ1) is 11.3. The van der Waals surface area contributed by atoms with Crippen LogP contribution in [0.5, 0.6) is 5.75 Å². The molecule has 0 spiro atoms. The van der Waals surface area contributed by atoms with Crippen LogP contribution in [0, 0.1) is 22.9 Å². The molecular formula is C17H17FN2O4. The largest absolute Gasteiger partial charge is 0.496 e. The Morgan fingerprint density at radius 3 is 2.62 bits per heavy atom. The van der Waals surface area contributed by atoms with Crippen LogP contribution in [0.4, 0.5) is 10.1 Å². The van der Waals surface area contributed by atoms with Gasteiger partial charge in [0, 0.05) is 17.2 Å². The highest BCUT2D eigenvalue weighted by Crippen LogP contribution is 2.26. The summed E-state index contributed by atoms with van der Waals surface area (Å²) in [6, 6.07) is 8.22. The van der Waals surface area contributed by atoms with Crippen LogP contribution in [0.15, 0.2) is 36.4 Å². The Labute approximate surface area is 138 Å². The second kappa shape index (κ2) is 7.08. The van der Waals surface area contributed by atoms with Crippen LogP contribution in [0.2, 0.25) is 0 Å². The molecule has 0 aliphatic carbocycles. The summed E-state index contributed by atoms with van der Waals surface area (Å²) >= 11 is 0. The zero-order valence-corrected chi connectivity index (χ0v) is 13.5. The smallest absolute Gasteiger partial charge is 0.305 e. The van der Waals surface area contributed by atoms with E-state index in [9.17, 15) is 19.3 Å². The fourth-order valence-electron chi connectivity index (χ4n) is 2.34. The minimum Gasteiger partial charge on any atom is -0.496 e. The van der Waals surface area contributed by atoms with Gasteiger partial charge in [-0.1, -0.05) is 17.7 Å². The molecule has 6 nitrogen and oxygen atoms in total. The molecule has 0 bridgehead atoms. The molecule has 1 amide bonds. The molecule has 2 aromatic rings. The van der Waals surface area contributed by atoms with E-state index in [0.29, 0.717) is 5.75 Å². The molecule has 0 radical (unpaired) electrons. The number of hydrogen-bond acceptors (Lipinski definition) is 4. The van der Waals surface area contributed by atoms with Crippen molar-refractivity contribution in [3.63, 3.8) is 0 Å². The van der Waals surface area contributed by atoms with Gasteiger partial charge in [-0.2, -0.15) is 4.39 Å². The van der Waals surface area contributed by atoms with Gasteiger partial charge >= 0.3 is 5.69 Å². The van der Waals surface area contributed by atoms with Crippen LogP contribution in [-0.4, -0.2) is 17.9 Å². The molecular weight excluding hydrogens is 315 g/mol. The Hall–Kier alpha value is -2.96. The third-order valence-electron chi connectivity index (χ3n) is 3.60. The molecule has 1 N–H and O–H groups in total. The first kappa shape index (κ1) is 17.4. The number of ether oxygens (including phenoxy) is 1. The third kappa shape index (κ3) is 3.68. The minimum absolute atomic E-state index is 0.0153. The van der Waals surface area contributed by atoms with Gasteiger partial charge in [0.2, 0.25) is 5.82 Å². The van der Waals surface area contributed by atoms with Crippen LogP contribution in [0.1, 0.15) is 34.5 Å². The first-order valence-corrected chi connectivity index (χ1v) is 7.23. The molecule has 0 heterocycles. The van der Waals surface area contributed by atoms with Gasteiger partial charge in [0.15, 0.2) is 0 Å². The summed E-state index contributed by atoms with van der Waals surface area (Å²) in [5, 5.41) is 13.5. The van der Waals surface area contributed by atoms with Gasteiger partial charge in [0.1, 0.15) is 5.75 Å². The van der Waals surface area contributed by atoms with Crippen LogP contribution in [0.3, 0.4) is 0 Å². The van der Waals surface area contributed by atoms with Crippen LogP contribution in [0.25, 0.3) is 0 Å². The second-order valence-corrected chi connectivity index (χ2v) is 5.36. The maximum atomic E-state index is 13.4. The van der Waals surface area contributed by atoms with Crippen molar-refractivity contribution >= 4 is 11.6 Å². The van der Waals surface area contributed by atoms with Crippen molar-refractivity contribution in [1.82, 2.24) is 5.32 Å². The van der Waals surface area contributed by atoms with E-state index < -0.39 is 28.4 Å². The number of rotatable bonds is 5. The second-order valence-electron chi connectivity index (χ2n) is 5.36. The zero-order chi connectivity index (χ0) is 17.9. The topological polar surface area (TPSA) is 81.5 Å². The summed E-state index contributed by atoms with van der Waals surface area (Å²) in [6.45, 7) is 3.69. The number of amides is 1. The number of aryl methyl sites for hydroxylation is 1. The highest BCUT2D eigenvalue weighted by atomic mass is 19.1. The van der Waals surface area contributed by atoms with Gasteiger partial charge in [-0.3, -0.25) is 14.9 Å². The monoisotopic (exact) mass is 332 g/mol. The van der Waals surface area contributed by atoms with E-state index in [2.05, 4.69) is 5.32 Å². The van der Waals surface area contributed by atoms with E-state index in [1.807, 2.05) is 19.1 Å². The standard InChI is InChI=1S/C17H17FN2O4/c1-10-4-7-16(24-3)13(8-10)11(2)19-17(21)12-5-6-14(18)15(9-12)20(22)23/h4-9,11H,1-3H3,(H,19,21)/t11-/m1/s1. The van der Waals surface area contributed by atoms with Crippen molar-refractivity contribution in [2.24, 2.45) is 0 Å². The molecule has 0 saturated heterocycles. The Balaban J connectivity index is 2.25. The van der Waals surface area contributed by atoms with Gasteiger partial charge in [-0.25, -0.2) is 0 Å². The number of nitrogens with zero attached hydrogens (tertiary/aromatic N) is 1. The van der Waals surface area contributed by atoms with Crippen molar-refractivity contribution in [2.45, 2.75) is 19.9 Å². The van der Waals surface area contributed by atoms with E-state index in [1.165, 1.54) is 13.2 Å². The molecule has 0 saturated carbocycles. The molecule has 0 aliphatic rings. The lowest BCUT2D eigenvalue weighted by Gasteiger charge is -2.18. The molecule has 126 valence electrons. The van der Waals surface area contributed by atoms with Gasteiger partial charge in [-0.05, 0) is 32.0 Å². The van der Waals surface area contributed by atoms with E-state index in [0.717, 1.165) is 23.3 Å². The van der Waals surface area contributed by atoms with Crippen molar-refractivity contribution in [3.8, 4) is 5.75 Å². The van der Waals surface area contributed by atoms with Crippen molar-refractivity contribution < 1.29 is 18.8 Å². The quantitative estimate of drug-likeness (QED) is 0.671. The lowest BCUT2D eigenvalue weighted by molar-refractivity contribution is -0.387. The Kier molecular flexibility index (Phi) is 5.13. The molecule has 0 aromatic heterocycles. The fourth-order valence-corrected chi connectivity index (χ4v) is 2.34. The van der Waals surface area contributed by atoms with E-state index in [4.69, 9.17) is 4.74 Å². The van der Waals surface area contributed by atoms with Crippen molar-refractivity contribution in [1.29, 1.82) is 0 Å². The Bertz CT molecular complexity index is 792. The molecule has 2 rings (SSSR count). The van der Waals surface area contributed by atoms with Crippen LogP contribution in [-0.2, 0) is 0 Å². The van der Waals surface area contributed by atoms with E-state index in [1.54, 1.807) is 13.0 Å². The van der Waals surface area contributed by atoms with Crippen molar-refractivity contribution in [3.05, 3.63) is 69.0 Å². The number of carbonyl (C=O) groups is 1. The number of hydrogen-bond donors (Lipinski definition) is 1. The maximum Gasteiger partial charge on any atom is 0.305 e. The predicted molar refractivity (Wildman–Crippen MR) is 86.7 cm³/mol. The lowest BCUT2D eigenvalue weighted by atomic mass is 10.0. The van der Waals surface area contributed by atoms with E-state index in [-0.39, 0.29) is 5.56 Å². The fraction of sp³-hybridized carbons (Fsp3) is 0.235. The highest BCUT2D eigenvalue weighted by molar-refractivity contribution is 5.95. The number of carbonyl (C=O) groups excluding carboxylic acids is 1. The summed E-state index contributed by atoms with van der Waals surface area (Å²) < 4.78 is 18.6. The number of nitro benzene ring substituents is 1. The zero-order valence-electron chi connectivity index (χ0n) is 13.5. The molecule has 7 heteroatoms. The van der Waals surface area contributed by atoms with Crippen LogP contribution < -0.4 is 10.1 Å². The molecule has 0 fully saturated rings. The maximum absolute atomic E-state index is 13.4. The molecule has 24 heavy (non-hydrogen) atoms. The van der Waals surface area contributed by atoms with E-state index >= 15 is 0 Å². The predicted octanol–water partition coefficient (Wildman–Crippen LogP) is 3.54. The summed E-state index contributed by atoms with van der Waals surface area (Å²) in [5.41, 5.74) is 1.07. The Morgan fingerprint density at radius 1 is 1.29 bits per heavy atom. The molecule has 2 aromatic carbocycles. The summed E-state index contributed by atoms with van der Waals surface area (Å²) in [4.78, 5) is 22.2. The lowest BCUT2D eigenvalue weighted by Crippen LogP contribution is -2.27. The Morgan fingerprint density at radius 2 is 2.00 bits per heavy atom. The SMILES string of the molecule is COc1ccc(C)cc1[C@@H](C)NC(=O)c1ccc(F)c([N+](=O)[O-])c1. The highest BCUT2D eigenvalue weighted by Gasteiger charge is 2.20.